The molecule has 0 heterocycles. The van der Waals surface area contributed by atoms with Crippen molar-refractivity contribution in [3.05, 3.63) is 0 Å². The van der Waals surface area contributed by atoms with Crippen molar-refractivity contribution in [1.29, 1.82) is 0 Å². The van der Waals surface area contributed by atoms with Crippen LogP contribution >= 0.6 is 0 Å². The van der Waals surface area contributed by atoms with E-state index in [0.717, 1.165) is 6.42 Å². The van der Waals surface area contributed by atoms with Gasteiger partial charge in [0.1, 0.15) is 17.5 Å². The summed E-state index contributed by atoms with van der Waals surface area (Å²) in [6, 6.07) is 0. The van der Waals surface area contributed by atoms with Crippen molar-refractivity contribution in [2.45, 2.75) is 65.1 Å². The van der Waals surface area contributed by atoms with Gasteiger partial charge in [-0.1, -0.05) is 20.8 Å². The van der Waals surface area contributed by atoms with Gasteiger partial charge in [-0.05, 0) is 25.2 Å². The second kappa shape index (κ2) is 4.58. The van der Waals surface area contributed by atoms with Crippen molar-refractivity contribution < 1.29 is 19.4 Å². The van der Waals surface area contributed by atoms with Crippen molar-refractivity contribution in [1.82, 2.24) is 0 Å². The summed E-state index contributed by atoms with van der Waals surface area (Å²) in [5.41, 5.74) is -1.42. The maximum absolute atomic E-state index is 12.2. The Balaban J connectivity index is 2.39. The number of ether oxygens (including phenoxy) is 1. The molecule has 1 N–H and O–H groups in total. The van der Waals surface area contributed by atoms with E-state index in [0.29, 0.717) is 19.3 Å². The molecule has 0 aromatic heterocycles. The lowest BCUT2D eigenvalue weighted by atomic mass is 9.65. The number of esters is 1. The molecule has 4 atom stereocenters. The monoisotopic (exact) mass is 268 g/mol. The molecule has 2 rings (SSSR count). The molecule has 0 amide bonds. The number of ketones is 1. The molecule has 4 heteroatoms. The van der Waals surface area contributed by atoms with E-state index < -0.39 is 23.1 Å². The second-order valence-electron chi connectivity index (χ2n) is 6.79. The first-order valence-electron chi connectivity index (χ1n) is 7.11. The summed E-state index contributed by atoms with van der Waals surface area (Å²) in [6.45, 7) is 7.20. The highest BCUT2D eigenvalue weighted by atomic mass is 16.6. The minimum absolute atomic E-state index is 0.160. The van der Waals surface area contributed by atoms with Crippen molar-refractivity contribution in [3.8, 4) is 0 Å². The number of rotatable bonds is 1. The van der Waals surface area contributed by atoms with Crippen LogP contribution in [0.4, 0.5) is 0 Å². The molecule has 1 unspecified atom stereocenters. The van der Waals surface area contributed by atoms with Crippen LogP contribution in [-0.4, -0.2) is 28.6 Å². The Morgan fingerprint density at radius 2 is 2.05 bits per heavy atom. The molecular weight excluding hydrogens is 244 g/mol. The van der Waals surface area contributed by atoms with Crippen LogP contribution in [0.25, 0.3) is 0 Å². The van der Waals surface area contributed by atoms with Gasteiger partial charge in [-0.15, -0.1) is 0 Å². The Bertz CT molecular complexity index is 401. The molecule has 108 valence electrons. The van der Waals surface area contributed by atoms with Gasteiger partial charge < -0.3 is 9.84 Å². The number of carbonyl (C=O) groups excluding carboxylic acids is 2. The molecule has 0 aromatic rings. The van der Waals surface area contributed by atoms with Crippen molar-refractivity contribution in [2.75, 3.05) is 0 Å². The molecule has 2 aliphatic carbocycles. The molecule has 0 aliphatic heterocycles. The predicted molar refractivity (Wildman–Crippen MR) is 70.4 cm³/mol. The van der Waals surface area contributed by atoms with Gasteiger partial charge in [0.15, 0.2) is 0 Å². The summed E-state index contributed by atoms with van der Waals surface area (Å²) in [7, 11) is 0. The highest BCUT2D eigenvalue weighted by Crippen LogP contribution is 2.56. The Morgan fingerprint density at radius 3 is 2.63 bits per heavy atom. The average Bonchev–Trinajstić information content (AvgIpc) is 2.53. The van der Waals surface area contributed by atoms with Crippen LogP contribution < -0.4 is 0 Å². The van der Waals surface area contributed by atoms with E-state index in [4.69, 9.17) is 4.74 Å². The minimum Gasteiger partial charge on any atom is -0.459 e. The molecule has 0 spiro atoms. The van der Waals surface area contributed by atoms with Gasteiger partial charge >= 0.3 is 5.97 Å². The maximum Gasteiger partial charge on any atom is 0.303 e. The molecule has 2 bridgehead atoms. The lowest BCUT2D eigenvalue weighted by molar-refractivity contribution is -0.187. The lowest BCUT2D eigenvalue weighted by Gasteiger charge is -2.46. The van der Waals surface area contributed by atoms with E-state index >= 15 is 0 Å². The second-order valence-corrected chi connectivity index (χ2v) is 6.79. The third-order valence-electron chi connectivity index (χ3n) is 5.42. The van der Waals surface area contributed by atoms with Crippen LogP contribution in [-0.2, 0) is 14.3 Å². The smallest absolute Gasteiger partial charge is 0.303 e. The molecular formula is C15H24O4. The standard InChI is InChI=1S/C15H24O4/c1-9-7-13(19-10(2)16)15(18)6-5-11(8-12(9)17)14(15,3)4/h9,11,13,18H,5-8H2,1-4H3/t9-,11?,13+,15+/m0/s1. The SMILES string of the molecule is CC(=O)O[C@@H]1C[C@H](C)C(=O)CC2CC[C@]1(O)C2(C)C. The van der Waals surface area contributed by atoms with Gasteiger partial charge in [0.05, 0.1) is 0 Å². The maximum atomic E-state index is 12.2. The summed E-state index contributed by atoms with van der Waals surface area (Å²) < 4.78 is 5.37. The molecule has 2 fully saturated rings. The molecule has 2 aliphatic rings. The third kappa shape index (κ3) is 2.20. The van der Waals surface area contributed by atoms with Crippen LogP contribution in [0.5, 0.6) is 0 Å². The fourth-order valence-corrected chi connectivity index (χ4v) is 3.80. The van der Waals surface area contributed by atoms with E-state index in [1.807, 2.05) is 20.8 Å². The number of hydrogen-bond donors (Lipinski definition) is 1. The number of carbonyl (C=O) groups is 2. The Labute approximate surface area is 114 Å². The number of hydrogen-bond acceptors (Lipinski definition) is 4. The normalized spacial score (nSPS) is 41.5. The Kier molecular flexibility index (Phi) is 3.50. The number of Topliss-reactive ketones (excluding diaryl/α,β-unsaturated/α-hetero) is 1. The first-order chi connectivity index (χ1) is 8.68. The van der Waals surface area contributed by atoms with Gasteiger partial charge in [0.25, 0.3) is 0 Å². The van der Waals surface area contributed by atoms with Gasteiger partial charge in [0.2, 0.25) is 0 Å². The first-order valence-corrected chi connectivity index (χ1v) is 7.11. The Hall–Kier alpha value is -0.900. The zero-order valence-electron chi connectivity index (χ0n) is 12.2. The Morgan fingerprint density at radius 1 is 1.42 bits per heavy atom. The van der Waals surface area contributed by atoms with Crippen molar-refractivity contribution in [3.63, 3.8) is 0 Å². The molecule has 0 saturated heterocycles. The summed E-state index contributed by atoms with van der Waals surface area (Å²) in [6.07, 6.45) is 1.79. The summed E-state index contributed by atoms with van der Waals surface area (Å²) in [5.74, 6) is -0.157. The average molecular weight is 268 g/mol. The largest absolute Gasteiger partial charge is 0.459 e. The van der Waals surface area contributed by atoms with E-state index in [1.54, 1.807) is 0 Å². The van der Waals surface area contributed by atoms with E-state index in [-0.39, 0.29) is 17.6 Å². The topological polar surface area (TPSA) is 63.6 Å². The summed E-state index contributed by atoms with van der Waals surface area (Å²) >= 11 is 0. The first kappa shape index (κ1) is 14.5. The van der Waals surface area contributed by atoms with Crippen LogP contribution in [0.3, 0.4) is 0 Å². The minimum atomic E-state index is -1.02. The van der Waals surface area contributed by atoms with Gasteiger partial charge in [0, 0.05) is 24.7 Å². The highest BCUT2D eigenvalue weighted by molar-refractivity contribution is 5.81. The number of aliphatic hydroxyl groups is 1. The summed E-state index contributed by atoms with van der Waals surface area (Å²) in [4.78, 5) is 23.5. The van der Waals surface area contributed by atoms with Gasteiger partial charge in [-0.2, -0.15) is 0 Å². The van der Waals surface area contributed by atoms with Crippen LogP contribution in [0, 0.1) is 17.3 Å². The van der Waals surface area contributed by atoms with E-state index in [9.17, 15) is 14.7 Å². The quantitative estimate of drug-likeness (QED) is 0.740. The molecule has 0 radical (unpaired) electrons. The zero-order valence-corrected chi connectivity index (χ0v) is 12.2. The molecule has 0 aromatic carbocycles. The van der Waals surface area contributed by atoms with E-state index in [2.05, 4.69) is 0 Å². The third-order valence-corrected chi connectivity index (χ3v) is 5.42. The lowest BCUT2D eigenvalue weighted by Crippen LogP contribution is -2.55. The van der Waals surface area contributed by atoms with Gasteiger partial charge in [-0.25, -0.2) is 0 Å². The van der Waals surface area contributed by atoms with E-state index in [1.165, 1.54) is 6.92 Å². The fourth-order valence-electron chi connectivity index (χ4n) is 3.80. The van der Waals surface area contributed by atoms with Crippen LogP contribution in [0.2, 0.25) is 0 Å². The van der Waals surface area contributed by atoms with Crippen LogP contribution in [0.1, 0.15) is 53.4 Å². The highest BCUT2D eigenvalue weighted by Gasteiger charge is 2.60. The van der Waals surface area contributed by atoms with Crippen molar-refractivity contribution in [2.24, 2.45) is 17.3 Å². The number of fused-ring (bicyclic) bond motifs is 2. The predicted octanol–water partition coefficient (Wildman–Crippen LogP) is 2.08. The molecule has 2 saturated carbocycles. The zero-order chi connectivity index (χ0) is 14.4. The summed E-state index contributed by atoms with van der Waals surface area (Å²) in [5, 5.41) is 11.1. The molecule has 19 heavy (non-hydrogen) atoms. The molecule has 4 nitrogen and oxygen atoms in total. The van der Waals surface area contributed by atoms with Gasteiger partial charge in [-0.3, -0.25) is 9.59 Å². The van der Waals surface area contributed by atoms with Crippen LogP contribution in [0.15, 0.2) is 0 Å². The van der Waals surface area contributed by atoms with Crippen molar-refractivity contribution >= 4 is 11.8 Å². The fraction of sp³-hybridized carbons (Fsp3) is 0.867.